The number of benzene rings is 2. The van der Waals surface area contributed by atoms with Gasteiger partial charge in [-0.1, -0.05) is 56.3 Å². The van der Waals surface area contributed by atoms with Crippen LogP contribution in [0.2, 0.25) is 0 Å². The van der Waals surface area contributed by atoms with Gasteiger partial charge in [-0.2, -0.15) is 10.1 Å². The first-order chi connectivity index (χ1) is 12.8. The number of nitrogens with zero attached hydrogens (tertiary/aromatic N) is 2. The average molecular weight is 364 g/mol. The SMILES string of the molecule is Cc1cccc(C)c1-n1cc[n+](NN)c1C(C)(C)c1ccccc1C(C)C. The fourth-order valence-corrected chi connectivity index (χ4v) is 4.15. The van der Waals surface area contributed by atoms with Crippen molar-refractivity contribution in [3.05, 3.63) is 82.9 Å². The fraction of sp³-hybridized carbons (Fsp3) is 0.348. The minimum Gasteiger partial charge on any atom is -0.218 e. The van der Waals surface area contributed by atoms with Crippen molar-refractivity contribution in [2.45, 2.75) is 52.9 Å². The number of aromatic nitrogens is 2. The molecule has 1 aromatic heterocycles. The van der Waals surface area contributed by atoms with Gasteiger partial charge in [-0.25, -0.2) is 5.84 Å². The second-order valence-corrected chi connectivity index (χ2v) is 8.10. The van der Waals surface area contributed by atoms with Crippen LogP contribution in [0.4, 0.5) is 0 Å². The molecule has 0 fully saturated rings. The average Bonchev–Trinajstić information content (AvgIpc) is 3.06. The second-order valence-electron chi connectivity index (χ2n) is 8.10. The van der Waals surface area contributed by atoms with Crippen LogP contribution >= 0.6 is 0 Å². The summed E-state index contributed by atoms with van der Waals surface area (Å²) in [7, 11) is 0. The summed E-state index contributed by atoms with van der Waals surface area (Å²) >= 11 is 0. The lowest BCUT2D eigenvalue weighted by Gasteiger charge is -2.27. The normalized spacial score (nSPS) is 11.9. The third-order valence-electron chi connectivity index (χ3n) is 5.46. The van der Waals surface area contributed by atoms with Crippen LogP contribution in [0.1, 0.15) is 61.7 Å². The van der Waals surface area contributed by atoms with E-state index in [1.807, 2.05) is 10.9 Å². The summed E-state index contributed by atoms with van der Waals surface area (Å²) in [5.74, 6) is 7.43. The summed E-state index contributed by atoms with van der Waals surface area (Å²) in [6.07, 6.45) is 4.07. The number of hydrogen-bond donors (Lipinski definition) is 2. The van der Waals surface area contributed by atoms with E-state index in [4.69, 9.17) is 5.84 Å². The van der Waals surface area contributed by atoms with Gasteiger partial charge in [0.1, 0.15) is 11.9 Å². The van der Waals surface area contributed by atoms with Crippen LogP contribution in [-0.4, -0.2) is 4.57 Å². The Morgan fingerprint density at radius 3 is 2.22 bits per heavy atom. The second kappa shape index (κ2) is 7.20. The van der Waals surface area contributed by atoms with Crippen molar-refractivity contribution in [1.29, 1.82) is 0 Å². The van der Waals surface area contributed by atoms with Gasteiger partial charge in [-0.3, -0.25) is 0 Å². The zero-order valence-electron chi connectivity index (χ0n) is 17.2. The first-order valence-electron chi connectivity index (χ1n) is 9.55. The highest BCUT2D eigenvalue weighted by atomic mass is 15.6. The van der Waals surface area contributed by atoms with E-state index in [-0.39, 0.29) is 5.41 Å². The predicted molar refractivity (Wildman–Crippen MR) is 112 cm³/mol. The van der Waals surface area contributed by atoms with Gasteiger partial charge in [0.25, 0.3) is 5.82 Å². The van der Waals surface area contributed by atoms with Crippen molar-refractivity contribution < 1.29 is 4.68 Å². The Kier molecular flexibility index (Phi) is 5.11. The summed E-state index contributed by atoms with van der Waals surface area (Å²) in [5, 5.41) is 0. The molecule has 4 nitrogen and oxygen atoms in total. The number of hydrogen-bond acceptors (Lipinski definition) is 2. The molecule has 0 unspecified atom stereocenters. The minimum atomic E-state index is -0.258. The molecule has 3 aromatic rings. The lowest BCUT2D eigenvalue weighted by atomic mass is 9.78. The standard InChI is InChI=1S/C23H31N4/c1-16(2)19-12-7-8-13-20(19)23(5,6)22-26(14-15-27(22)25-24)21-17(3)10-9-11-18(21)4/h7-16,25H,24H2,1-6H3/q+1. The van der Waals surface area contributed by atoms with Gasteiger partial charge in [-0.15, -0.1) is 4.68 Å². The molecule has 3 N–H and O–H groups in total. The highest BCUT2D eigenvalue weighted by molar-refractivity contribution is 5.49. The number of nitrogens with one attached hydrogen (secondary N) is 1. The number of imidazole rings is 1. The van der Waals surface area contributed by atoms with Crippen molar-refractivity contribution in [1.82, 2.24) is 4.57 Å². The lowest BCUT2D eigenvalue weighted by molar-refractivity contribution is -0.661. The van der Waals surface area contributed by atoms with Gasteiger partial charge >= 0.3 is 0 Å². The Hall–Kier alpha value is -2.59. The number of hydrazine groups is 1. The number of para-hydroxylation sites is 1. The Morgan fingerprint density at radius 1 is 1.00 bits per heavy atom. The molecule has 27 heavy (non-hydrogen) atoms. The van der Waals surface area contributed by atoms with Crippen LogP contribution in [0.15, 0.2) is 54.9 Å². The highest BCUT2D eigenvalue weighted by Crippen LogP contribution is 2.36. The van der Waals surface area contributed by atoms with E-state index in [0.717, 1.165) is 5.82 Å². The summed E-state index contributed by atoms with van der Waals surface area (Å²) < 4.78 is 4.19. The van der Waals surface area contributed by atoms with E-state index < -0.39 is 0 Å². The summed E-state index contributed by atoms with van der Waals surface area (Å²) in [4.78, 5) is 0. The van der Waals surface area contributed by atoms with Crippen molar-refractivity contribution in [3.8, 4) is 5.69 Å². The number of aryl methyl sites for hydroxylation is 2. The van der Waals surface area contributed by atoms with Crippen LogP contribution in [0.25, 0.3) is 5.69 Å². The molecule has 0 bridgehead atoms. The van der Waals surface area contributed by atoms with E-state index in [2.05, 4.69) is 100 Å². The summed E-state index contributed by atoms with van der Waals surface area (Å²) in [6.45, 7) is 13.3. The van der Waals surface area contributed by atoms with Crippen LogP contribution in [0.3, 0.4) is 0 Å². The van der Waals surface area contributed by atoms with E-state index >= 15 is 0 Å². The van der Waals surface area contributed by atoms with Crippen molar-refractivity contribution >= 4 is 0 Å². The monoisotopic (exact) mass is 363 g/mol. The molecular formula is C23H31N4+. The third kappa shape index (κ3) is 3.26. The predicted octanol–water partition coefficient (Wildman–Crippen LogP) is 4.25. The first-order valence-corrected chi connectivity index (χ1v) is 9.55. The van der Waals surface area contributed by atoms with Gasteiger partial charge in [-0.05, 0) is 55.9 Å². The molecule has 0 spiro atoms. The van der Waals surface area contributed by atoms with Gasteiger partial charge in [0.05, 0.1) is 5.41 Å². The van der Waals surface area contributed by atoms with Crippen LogP contribution in [0, 0.1) is 13.8 Å². The van der Waals surface area contributed by atoms with Crippen molar-refractivity contribution in [2.24, 2.45) is 5.84 Å². The molecule has 0 saturated carbocycles. The maximum absolute atomic E-state index is 5.89. The van der Waals surface area contributed by atoms with E-state index in [1.54, 1.807) is 0 Å². The molecule has 3 rings (SSSR count). The Bertz CT molecular complexity index is 931. The molecule has 1 heterocycles. The first kappa shape index (κ1) is 19.2. The number of nitrogens with two attached hydrogens (primary N) is 1. The zero-order chi connectivity index (χ0) is 19.8. The van der Waals surface area contributed by atoms with Crippen molar-refractivity contribution in [2.75, 3.05) is 5.53 Å². The Labute approximate surface area is 162 Å². The van der Waals surface area contributed by atoms with E-state index in [9.17, 15) is 0 Å². The molecule has 0 radical (unpaired) electrons. The third-order valence-corrected chi connectivity index (χ3v) is 5.46. The quantitative estimate of drug-likeness (QED) is 0.404. The summed E-state index contributed by atoms with van der Waals surface area (Å²) in [6, 6.07) is 15.1. The Balaban J connectivity index is 2.30. The van der Waals surface area contributed by atoms with Gasteiger partial charge in [0, 0.05) is 0 Å². The van der Waals surface area contributed by atoms with Crippen LogP contribution in [0.5, 0.6) is 0 Å². The molecule has 0 amide bonds. The van der Waals surface area contributed by atoms with Gasteiger partial charge in [0.2, 0.25) is 0 Å². The highest BCUT2D eigenvalue weighted by Gasteiger charge is 2.39. The van der Waals surface area contributed by atoms with E-state index in [0.29, 0.717) is 5.92 Å². The molecule has 0 atom stereocenters. The Morgan fingerprint density at radius 2 is 1.63 bits per heavy atom. The molecular weight excluding hydrogens is 332 g/mol. The van der Waals surface area contributed by atoms with Gasteiger partial charge in [0.15, 0.2) is 6.20 Å². The fourth-order valence-electron chi connectivity index (χ4n) is 4.15. The van der Waals surface area contributed by atoms with Crippen LogP contribution in [-0.2, 0) is 5.41 Å². The minimum absolute atomic E-state index is 0.258. The smallest absolute Gasteiger partial charge is 0.218 e. The molecule has 2 aromatic carbocycles. The molecule has 0 saturated heterocycles. The molecule has 4 heteroatoms. The lowest BCUT2D eigenvalue weighted by Crippen LogP contribution is -2.54. The maximum Gasteiger partial charge on any atom is 0.296 e. The van der Waals surface area contributed by atoms with E-state index in [1.165, 1.54) is 27.9 Å². The molecule has 0 aliphatic carbocycles. The number of rotatable bonds is 5. The molecule has 0 aliphatic heterocycles. The molecule has 0 aliphatic rings. The van der Waals surface area contributed by atoms with Crippen LogP contribution < -0.4 is 16.1 Å². The van der Waals surface area contributed by atoms with Crippen molar-refractivity contribution in [3.63, 3.8) is 0 Å². The van der Waals surface area contributed by atoms with Gasteiger partial charge < -0.3 is 0 Å². The topological polar surface area (TPSA) is 46.9 Å². The largest absolute Gasteiger partial charge is 0.296 e. The molecule has 142 valence electrons. The summed E-state index contributed by atoms with van der Waals surface area (Å²) in [5.41, 5.74) is 8.95. The maximum atomic E-state index is 5.89. The zero-order valence-corrected chi connectivity index (χ0v) is 17.2. The number of nitrogen functional groups attached to an aromatic ring is 1.